The summed E-state index contributed by atoms with van der Waals surface area (Å²) in [5.41, 5.74) is 8.08. The molecule has 5 nitrogen and oxygen atoms in total. The van der Waals surface area contributed by atoms with Gasteiger partial charge in [0, 0.05) is 29.8 Å². The van der Waals surface area contributed by atoms with E-state index < -0.39 is 12.8 Å². The summed E-state index contributed by atoms with van der Waals surface area (Å²) in [5.74, 6) is 0.896. The lowest BCUT2D eigenvalue weighted by molar-refractivity contribution is -0.0188. The molecule has 0 aliphatic carbocycles. The number of anilines is 1. The van der Waals surface area contributed by atoms with Crippen LogP contribution < -0.4 is 21.1 Å². The standard InChI is InChI=1S/C15H20FN3O2S/c16-7-9-6-13(11(17)8-21-9)19-15(22)18-12-2-1-3-14-10(12)4-5-20-14/h1-3,9,11,13H,4-8,17H2,(H2,18,19,22)/t9-,11+,13-/m1/s1. The molecule has 22 heavy (non-hydrogen) atoms. The molecule has 0 radical (unpaired) electrons. The summed E-state index contributed by atoms with van der Waals surface area (Å²) in [5, 5.41) is 6.86. The van der Waals surface area contributed by atoms with E-state index >= 15 is 0 Å². The van der Waals surface area contributed by atoms with Gasteiger partial charge in [-0.2, -0.15) is 0 Å². The Morgan fingerprint density at radius 3 is 3.14 bits per heavy atom. The molecule has 4 N–H and O–H groups in total. The number of nitrogens with one attached hydrogen (secondary N) is 2. The molecule has 2 aliphatic rings. The molecular weight excluding hydrogens is 305 g/mol. The second kappa shape index (κ2) is 6.76. The Morgan fingerprint density at radius 1 is 1.45 bits per heavy atom. The Labute approximate surface area is 134 Å². The van der Waals surface area contributed by atoms with Crippen LogP contribution in [0.15, 0.2) is 18.2 Å². The molecule has 3 atom stereocenters. The van der Waals surface area contributed by atoms with Crippen molar-refractivity contribution in [3.63, 3.8) is 0 Å². The van der Waals surface area contributed by atoms with Crippen molar-refractivity contribution in [3.8, 4) is 5.75 Å². The summed E-state index contributed by atoms with van der Waals surface area (Å²) >= 11 is 5.36. The van der Waals surface area contributed by atoms with Crippen molar-refractivity contribution in [2.24, 2.45) is 5.73 Å². The number of nitrogens with two attached hydrogens (primary N) is 1. The minimum atomic E-state index is -0.505. The Balaban J connectivity index is 1.62. The molecule has 1 aromatic rings. The lowest BCUT2D eigenvalue weighted by Crippen LogP contribution is -2.56. The van der Waals surface area contributed by atoms with Gasteiger partial charge in [0.1, 0.15) is 12.4 Å². The Hall–Kier alpha value is -1.44. The molecule has 1 fully saturated rings. The maximum atomic E-state index is 12.8. The molecule has 1 saturated heterocycles. The van der Waals surface area contributed by atoms with E-state index in [4.69, 9.17) is 27.4 Å². The molecule has 2 heterocycles. The summed E-state index contributed by atoms with van der Waals surface area (Å²) in [7, 11) is 0. The fourth-order valence-electron chi connectivity index (χ4n) is 2.83. The first kappa shape index (κ1) is 15.5. The molecule has 0 spiro atoms. The zero-order chi connectivity index (χ0) is 15.5. The maximum absolute atomic E-state index is 12.8. The fourth-order valence-corrected chi connectivity index (χ4v) is 3.09. The van der Waals surface area contributed by atoms with Gasteiger partial charge in [-0.1, -0.05) is 6.07 Å². The average molecular weight is 325 g/mol. The van der Waals surface area contributed by atoms with Crippen molar-refractivity contribution in [1.29, 1.82) is 0 Å². The van der Waals surface area contributed by atoms with Gasteiger partial charge in [0.15, 0.2) is 5.11 Å². The number of hydrogen-bond acceptors (Lipinski definition) is 4. The smallest absolute Gasteiger partial charge is 0.171 e. The Kier molecular flexibility index (Phi) is 4.75. The van der Waals surface area contributed by atoms with Gasteiger partial charge in [-0.15, -0.1) is 0 Å². The lowest BCUT2D eigenvalue weighted by Gasteiger charge is -2.34. The zero-order valence-corrected chi connectivity index (χ0v) is 13.0. The van der Waals surface area contributed by atoms with Crippen molar-refractivity contribution < 1.29 is 13.9 Å². The number of rotatable bonds is 3. The van der Waals surface area contributed by atoms with E-state index in [9.17, 15) is 4.39 Å². The van der Waals surface area contributed by atoms with Crippen molar-refractivity contribution in [2.75, 3.05) is 25.2 Å². The van der Waals surface area contributed by atoms with Crippen molar-refractivity contribution >= 4 is 23.0 Å². The average Bonchev–Trinajstić information content (AvgIpc) is 2.99. The third-order valence-corrected chi connectivity index (χ3v) is 4.26. The molecule has 0 unspecified atom stereocenters. The predicted molar refractivity (Wildman–Crippen MR) is 87.1 cm³/mol. The predicted octanol–water partition coefficient (Wildman–Crippen LogP) is 1.36. The van der Waals surface area contributed by atoms with Gasteiger partial charge in [0.05, 0.1) is 19.3 Å². The van der Waals surface area contributed by atoms with Gasteiger partial charge in [0.25, 0.3) is 0 Å². The normalized spacial score (nSPS) is 26.9. The van der Waals surface area contributed by atoms with Crippen LogP contribution in [0.25, 0.3) is 0 Å². The summed E-state index contributed by atoms with van der Waals surface area (Å²) in [6.45, 7) is 0.523. The van der Waals surface area contributed by atoms with Gasteiger partial charge < -0.3 is 25.8 Å². The van der Waals surface area contributed by atoms with Gasteiger partial charge in [-0.25, -0.2) is 4.39 Å². The molecule has 0 bridgehead atoms. The minimum absolute atomic E-state index is 0.0949. The van der Waals surface area contributed by atoms with Gasteiger partial charge in [-0.05, 0) is 30.8 Å². The number of fused-ring (bicyclic) bond motifs is 1. The van der Waals surface area contributed by atoms with Crippen LogP contribution in [0, 0.1) is 0 Å². The van der Waals surface area contributed by atoms with Crippen LogP contribution in [-0.2, 0) is 11.2 Å². The highest BCUT2D eigenvalue weighted by molar-refractivity contribution is 7.80. The molecule has 0 amide bonds. The largest absolute Gasteiger partial charge is 0.493 e. The van der Waals surface area contributed by atoms with Crippen molar-refractivity contribution in [2.45, 2.75) is 31.0 Å². The first-order valence-electron chi connectivity index (χ1n) is 7.42. The van der Waals surface area contributed by atoms with Crippen LogP contribution >= 0.6 is 12.2 Å². The second-order valence-electron chi connectivity index (χ2n) is 5.59. The maximum Gasteiger partial charge on any atom is 0.171 e. The SMILES string of the molecule is N[C@H]1CO[C@@H](CF)C[C@H]1NC(=S)Nc1cccc2c1CCO2. The summed E-state index contributed by atoms with van der Waals surface area (Å²) in [6, 6.07) is 5.55. The molecule has 1 aromatic carbocycles. The summed E-state index contributed by atoms with van der Waals surface area (Å²) < 4.78 is 23.6. The summed E-state index contributed by atoms with van der Waals surface area (Å²) in [4.78, 5) is 0. The van der Waals surface area contributed by atoms with Gasteiger partial charge in [-0.3, -0.25) is 0 Å². The molecule has 0 aromatic heterocycles. The van der Waals surface area contributed by atoms with E-state index in [1.165, 1.54) is 0 Å². The van der Waals surface area contributed by atoms with Crippen LogP contribution in [0.5, 0.6) is 5.75 Å². The number of hydrogen-bond donors (Lipinski definition) is 3. The Morgan fingerprint density at radius 2 is 2.32 bits per heavy atom. The molecule has 0 saturated carbocycles. The van der Waals surface area contributed by atoms with Gasteiger partial charge >= 0.3 is 0 Å². The van der Waals surface area contributed by atoms with E-state index in [1.807, 2.05) is 18.2 Å². The third-order valence-electron chi connectivity index (χ3n) is 4.04. The quantitative estimate of drug-likeness (QED) is 0.729. The van der Waals surface area contributed by atoms with E-state index in [2.05, 4.69) is 10.6 Å². The van der Waals surface area contributed by atoms with Crippen molar-refractivity contribution in [1.82, 2.24) is 5.32 Å². The van der Waals surface area contributed by atoms with Crippen LogP contribution in [0.3, 0.4) is 0 Å². The monoisotopic (exact) mass is 325 g/mol. The minimum Gasteiger partial charge on any atom is -0.493 e. The molecular formula is C15H20FN3O2S. The fraction of sp³-hybridized carbons (Fsp3) is 0.533. The number of benzene rings is 1. The van der Waals surface area contributed by atoms with Crippen molar-refractivity contribution in [3.05, 3.63) is 23.8 Å². The molecule has 7 heteroatoms. The number of thiocarbonyl (C=S) groups is 1. The van der Waals surface area contributed by atoms with Crippen LogP contribution in [0.4, 0.5) is 10.1 Å². The number of alkyl halides is 1. The molecule has 120 valence electrons. The molecule has 2 aliphatic heterocycles. The zero-order valence-electron chi connectivity index (χ0n) is 12.2. The van der Waals surface area contributed by atoms with Gasteiger partial charge in [0.2, 0.25) is 0 Å². The highest BCUT2D eigenvalue weighted by atomic mass is 32.1. The Bertz CT molecular complexity index is 558. The highest BCUT2D eigenvalue weighted by Gasteiger charge is 2.29. The highest BCUT2D eigenvalue weighted by Crippen LogP contribution is 2.31. The number of ether oxygens (including phenoxy) is 2. The summed E-state index contributed by atoms with van der Waals surface area (Å²) in [6.07, 6.45) is 0.964. The van der Waals surface area contributed by atoms with E-state index in [0.717, 1.165) is 23.4 Å². The molecule has 3 rings (SSSR count). The first-order chi connectivity index (χ1) is 10.7. The first-order valence-corrected chi connectivity index (χ1v) is 7.83. The van der Waals surface area contributed by atoms with Crippen LogP contribution in [0.1, 0.15) is 12.0 Å². The topological polar surface area (TPSA) is 68.5 Å². The van der Waals surface area contributed by atoms with E-state index in [-0.39, 0.29) is 12.1 Å². The lowest BCUT2D eigenvalue weighted by atomic mass is 10.00. The van der Waals surface area contributed by atoms with Crippen LogP contribution in [0.2, 0.25) is 0 Å². The van der Waals surface area contributed by atoms with E-state index in [0.29, 0.717) is 24.7 Å². The third kappa shape index (κ3) is 3.31. The van der Waals surface area contributed by atoms with Crippen LogP contribution in [-0.4, -0.2) is 43.2 Å². The van der Waals surface area contributed by atoms with E-state index in [1.54, 1.807) is 0 Å². The number of halogens is 1. The second-order valence-corrected chi connectivity index (χ2v) is 6.00.